The molecule has 88 valence electrons. The summed E-state index contributed by atoms with van der Waals surface area (Å²) in [5, 5.41) is 0. The first-order valence-corrected chi connectivity index (χ1v) is 5.22. The largest absolute Gasteiger partial charge is 0.493 e. The lowest BCUT2D eigenvalue weighted by atomic mass is 10.2. The van der Waals surface area contributed by atoms with Gasteiger partial charge in [0.25, 0.3) is 0 Å². The van der Waals surface area contributed by atoms with Crippen LogP contribution in [-0.4, -0.2) is 40.6 Å². The van der Waals surface area contributed by atoms with Gasteiger partial charge in [-0.2, -0.15) is 0 Å². The lowest BCUT2D eigenvalue weighted by molar-refractivity contribution is -0.858. The second kappa shape index (κ2) is 6.12. The summed E-state index contributed by atoms with van der Waals surface area (Å²) in [5.74, 6) is 1.27. The van der Waals surface area contributed by atoms with Gasteiger partial charge in [-0.25, -0.2) is 0 Å². The molecular formula is C12H18NO3+. The van der Waals surface area contributed by atoms with Gasteiger partial charge >= 0.3 is 0 Å². The number of benzene rings is 1. The third-order valence-electron chi connectivity index (χ3n) is 2.18. The van der Waals surface area contributed by atoms with Gasteiger partial charge in [0, 0.05) is 5.56 Å². The molecule has 4 nitrogen and oxygen atoms in total. The van der Waals surface area contributed by atoms with Crippen LogP contribution >= 0.6 is 0 Å². The molecule has 1 N–H and O–H groups in total. The SMILES string of the molecule is COc1cc(C=O)ccc1OCC[NH+](C)C. The van der Waals surface area contributed by atoms with Crippen LogP contribution in [0.4, 0.5) is 0 Å². The summed E-state index contributed by atoms with van der Waals surface area (Å²) in [7, 11) is 5.69. The summed E-state index contributed by atoms with van der Waals surface area (Å²) in [6.07, 6.45) is 0.788. The van der Waals surface area contributed by atoms with Crippen molar-refractivity contribution in [2.75, 3.05) is 34.4 Å². The van der Waals surface area contributed by atoms with Crippen molar-refractivity contribution in [1.29, 1.82) is 0 Å². The Morgan fingerprint density at radius 2 is 2.06 bits per heavy atom. The highest BCUT2D eigenvalue weighted by atomic mass is 16.5. The third kappa shape index (κ3) is 3.55. The molecule has 0 saturated heterocycles. The molecule has 0 atom stereocenters. The van der Waals surface area contributed by atoms with Crippen molar-refractivity contribution in [3.63, 3.8) is 0 Å². The lowest BCUT2D eigenvalue weighted by Crippen LogP contribution is -3.06. The minimum Gasteiger partial charge on any atom is -0.493 e. The molecule has 0 amide bonds. The zero-order valence-electron chi connectivity index (χ0n) is 9.95. The predicted octanol–water partition coefficient (Wildman–Crippen LogP) is 0.0310. The van der Waals surface area contributed by atoms with Crippen LogP contribution in [0.3, 0.4) is 0 Å². The molecule has 0 unspecified atom stereocenters. The van der Waals surface area contributed by atoms with Crippen LogP contribution in [0.1, 0.15) is 10.4 Å². The van der Waals surface area contributed by atoms with Gasteiger partial charge in [0.05, 0.1) is 21.2 Å². The van der Waals surface area contributed by atoms with E-state index in [1.807, 2.05) is 0 Å². The maximum atomic E-state index is 10.6. The van der Waals surface area contributed by atoms with Gasteiger partial charge in [0.2, 0.25) is 0 Å². The van der Waals surface area contributed by atoms with Gasteiger partial charge in [-0.1, -0.05) is 0 Å². The van der Waals surface area contributed by atoms with Crippen LogP contribution in [0.5, 0.6) is 11.5 Å². The Labute approximate surface area is 95.8 Å². The van der Waals surface area contributed by atoms with E-state index in [0.717, 1.165) is 12.8 Å². The fourth-order valence-corrected chi connectivity index (χ4v) is 1.24. The van der Waals surface area contributed by atoms with E-state index in [0.29, 0.717) is 23.7 Å². The standard InChI is InChI=1S/C12H17NO3/c1-13(2)6-7-16-11-5-4-10(9-14)8-12(11)15-3/h4-5,8-9H,6-7H2,1-3H3/p+1. The number of methoxy groups -OCH3 is 1. The molecular weight excluding hydrogens is 206 g/mol. The Kier molecular flexibility index (Phi) is 4.79. The van der Waals surface area contributed by atoms with E-state index in [1.165, 1.54) is 4.90 Å². The molecule has 0 heterocycles. The predicted molar refractivity (Wildman–Crippen MR) is 61.6 cm³/mol. The van der Waals surface area contributed by atoms with Crippen molar-refractivity contribution >= 4 is 6.29 Å². The highest BCUT2D eigenvalue weighted by Gasteiger charge is 2.05. The summed E-state index contributed by atoms with van der Waals surface area (Å²) in [5.41, 5.74) is 0.586. The molecule has 16 heavy (non-hydrogen) atoms. The normalized spacial score (nSPS) is 10.2. The number of likely N-dealkylation sites (N-methyl/N-ethyl adjacent to an activating group) is 1. The molecule has 0 aromatic heterocycles. The van der Waals surface area contributed by atoms with E-state index >= 15 is 0 Å². The van der Waals surface area contributed by atoms with Gasteiger partial charge in [-0.15, -0.1) is 0 Å². The summed E-state index contributed by atoms with van der Waals surface area (Å²) in [6, 6.07) is 5.14. The minimum atomic E-state index is 0.586. The Morgan fingerprint density at radius 3 is 2.62 bits per heavy atom. The van der Waals surface area contributed by atoms with Gasteiger partial charge in [-0.3, -0.25) is 4.79 Å². The van der Waals surface area contributed by atoms with Crippen molar-refractivity contribution in [3.8, 4) is 11.5 Å². The van der Waals surface area contributed by atoms with E-state index in [4.69, 9.17) is 9.47 Å². The van der Waals surface area contributed by atoms with Crippen molar-refractivity contribution in [2.24, 2.45) is 0 Å². The zero-order chi connectivity index (χ0) is 12.0. The average molecular weight is 224 g/mol. The molecule has 1 aromatic rings. The number of rotatable bonds is 6. The van der Waals surface area contributed by atoms with Crippen molar-refractivity contribution < 1.29 is 19.2 Å². The molecule has 0 aliphatic heterocycles. The van der Waals surface area contributed by atoms with Gasteiger partial charge in [0.1, 0.15) is 19.4 Å². The van der Waals surface area contributed by atoms with Crippen LogP contribution < -0.4 is 14.4 Å². The number of ether oxygens (including phenoxy) is 2. The summed E-state index contributed by atoms with van der Waals surface area (Å²) < 4.78 is 10.7. The minimum absolute atomic E-state index is 0.586. The number of carbonyl (C=O) groups excluding carboxylic acids is 1. The molecule has 4 heteroatoms. The van der Waals surface area contributed by atoms with Gasteiger partial charge in [0.15, 0.2) is 11.5 Å². The monoisotopic (exact) mass is 224 g/mol. The Bertz CT molecular complexity index is 350. The van der Waals surface area contributed by atoms with Crippen LogP contribution in [-0.2, 0) is 0 Å². The third-order valence-corrected chi connectivity index (χ3v) is 2.18. The number of carbonyl (C=O) groups is 1. The molecule has 0 saturated carbocycles. The molecule has 0 fully saturated rings. The van der Waals surface area contributed by atoms with E-state index in [-0.39, 0.29) is 0 Å². The maximum absolute atomic E-state index is 10.6. The van der Waals surface area contributed by atoms with E-state index in [1.54, 1.807) is 25.3 Å². The first-order chi connectivity index (χ1) is 7.67. The van der Waals surface area contributed by atoms with Crippen molar-refractivity contribution in [2.45, 2.75) is 0 Å². The van der Waals surface area contributed by atoms with E-state index < -0.39 is 0 Å². The first-order valence-electron chi connectivity index (χ1n) is 5.22. The summed E-state index contributed by atoms with van der Waals surface area (Å²) in [4.78, 5) is 11.9. The van der Waals surface area contributed by atoms with Crippen LogP contribution in [0, 0.1) is 0 Å². The number of nitrogens with one attached hydrogen (secondary N) is 1. The van der Waals surface area contributed by atoms with Crippen LogP contribution in [0.15, 0.2) is 18.2 Å². The number of hydrogen-bond donors (Lipinski definition) is 1. The fourth-order valence-electron chi connectivity index (χ4n) is 1.24. The van der Waals surface area contributed by atoms with Crippen LogP contribution in [0.2, 0.25) is 0 Å². The van der Waals surface area contributed by atoms with Crippen LogP contribution in [0.25, 0.3) is 0 Å². The van der Waals surface area contributed by atoms with Gasteiger partial charge < -0.3 is 14.4 Å². The second-order valence-electron chi connectivity index (χ2n) is 3.83. The highest BCUT2D eigenvalue weighted by molar-refractivity contribution is 5.76. The molecule has 0 radical (unpaired) electrons. The highest BCUT2D eigenvalue weighted by Crippen LogP contribution is 2.27. The smallest absolute Gasteiger partial charge is 0.161 e. The van der Waals surface area contributed by atoms with E-state index in [2.05, 4.69) is 14.1 Å². The summed E-state index contributed by atoms with van der Waals surface area (Å²) >= 11 is 0. The Hall–Kier alpha value is -1.55. The second-order valence-corrected chi connectivity index (χ2v) is 3.83. The molecule has 1 rings (SSSR count). The Balaban J connectivity index is 2.68. The first kappa shape index (κ1) is 12.5. The maximum Gasteiger partial charge on any atom is 0.161 e. The number of quaternary nitrogens is 1. The molecule has 1 aromatic carbocycles. The number of aldehydes is 1. The van der Waals surface area contributed by atoms with Crippen molar-refractivity contribution in [1.82, 2.24) is 0 Å². The van der Waals surface area contributed by atoms with E-state index in [9.17, 15) is 4.79 Å². The van der Waals surface area contributed by atoms with Gasteiger partial charge in [-0.05, 0) is 18.2 Å². The molecule has 0 aliphatic carbocycles. The molecule has 0 bridgehead atoms. The topological polar surface area (TPSA) is 40.0 Å². The molecule has 0 spiro atoms. The fraction of sp³-hybridized carbons (Fsp3) is 0.417. The zero-order valence-corrected chi connectivity index (χ0v) is 9.95. The van der Waals surface area contributed by atoms with Crippen molar-refractivity contribution in [3.05, 3.63) is 23.8 Å². The lowest BCUT2D eigenvalue weighted by Gasteiger charge is -2.12. The number of hydrogen-bond acceptors (Lipinski definition) is 3. The molecule has 0 aliphatic rings. The average Bonchev–Trinajstić information content (AvgIpc) is 2.29. The Morgan fingerprint density at radius 1 is 1.31 bits per heavy atom. The summed E-state index contributed by atoms with van der Waals surface area (Å²) in [6.45, 7) is 1.54. The quantitative estimate of drug-likeness (QED) is 0.693.